The van der Waals surface area contributed by atoms with Gasteiger partial charge >= 0.3 is 0 Å². The first-order chi connectivity index (χ1) is 18.4. The molecule has 0 saturated heterocycles. The molecule has 4 rings (SSSR count). The molecule has 3 aromatic rings. The number of carbonyl (C=O) groups is 1. The van der Waals surface area contributed by atoms with E-state index in [0.717, 1.165) is 65.9 Å². The number of rotatable bonds is 12. The van der Waals surface area contributed by atoms with Crippen LogP contribution < -0.4 is 5.56 Å². The molecule has 1 saturated carbocycles. The third-order valence-corrected chi connectivity index (χ3v) is 7.47. The van der Waals surface area contributed by atoms with Crippen LogP contribution in [0.1, 0.15) is 87.5 Å². The van der Waals surface area contributed by atoms with Gasteiger partial charge in [0, 0.05) is 42.3 Å². The van der Waals surface area contributed by atoms with Crippen molar-refractivity contribution in [3.8, 4) is 11.1 Å². The molecule has 0 aliphatic heterocycles. The van der Waals surface area contributed by atoms with Crippen molar-refractivity contribution in [2.24, 2.45) is 0 Å². The second-order valence-electron chi connectivity index (χ2n) is 10.3. The summed E-state index contributed by atoms with van der Waals surface area (Å²) in [6, 6.07) is 16.2. The van der Waals surface area contributed by atoms with Crippen LogP contribution in [0.25, 0.3) is 11.1 Å². The molecule has 1 heterocycles. The van der Waals surface area contributed by atoms with Gasteiger partial charge in [-0.25, -0.2) is 4.98 Å². The predicted molar refractivity (Wildman–Crippen MR) is 154 cm³/mol. The van der Waals surface area contributed by atoms with Crippen molar-refractivity contribution < 1.29 is 4.79 Å². The van der Waals surface area contributed by atoms with Crippen LogP contribution in [-0.4, -0.2) is 39.2 Å². The summed E-state index contributed by atoms with van der Waals surface area (Å²) in [5.41, 5.74) is 5.90. The maximum atomic E-state index is 14.0. The molecule has 38 heavy (non-hydrogen) atoms. The van der Waals surface area contributed by atoms with E-state index in [2.05, 4.69) is 31.2 Å². The van der Waals surface area contributed by atoms with E-state index >= 15 is 0 Å². The van der Waals surface area contributed by atoms with Gasteiger partial charge in [-0.05, 0) is 56.7 Å². The van der Waals surface area contributed by atoms with E-state index in [0.29, 0.717) is 36.8 Å². The summed E-state index contributed by atoms with van der Waals surface area (Å²) < 4.78 is 1.80. The number of nitrogens with one attached hydrogen (secondary N) is 1. The largest absolute Gasteiger partial charge is 0.343 e. The molecule has 1 aliphatic carbocycles. The fourth-order valence-electron chi connectivity index (χ4n) is 5.08. The molecule has 1 aliphatic rings. The number of amides is 1. The molecule has 1 amide bonds. The number of hydrogen-bond donors (Lipinski definition) is 1. The molecule has 2 aromatic carbocycles. The summed E-state index contributed by atoms with van der Waals surface area (Å²) >= 11 is 0. The first-order valence-corrected chi connectivity index (χ1v) is 14.0. The van der Waals surface area contributed by atoms with Crippen molar-refractivity contribution in [1.29, 1.82) is 5.41 Å². The van der Waals surface area contributed by atoms with Gasteiger partial charge in [-0.2, -0.15) is 0 Å². The van der Waals surface area contributed by atoms with Gasteiger partial charge in [0.05, 0.1) is 18.7 Å². The fourth-order valence-corrected chi connectivity index (χ4v) is 5.08. The smallest absolute Gasteiger partial charge is 0.257 e. The first-order valence-electron chi connectivity index (χ1n) is 14.0. The van der Waals surface area contributed by atoms with Crippen molar-refractivity contribution in [3.05, 3.63) is 87.1 Å². The molecule has 6 heteroatoms. The summed E-state index contributed by atoms with van der Waals surface area (Å²) in [4.78, 5) is 33.9. The van der Waals surface area contributed by atoms with Crippen LogP contribution in [0.15, 0.2) is 53.3 Å². The number of hydrogen-bond acceptors (Lipinski definition) is 4. The zero-order valence-electron chi connectivity index (χ0n) is 23.2. The van der Waals surface area contributed by atoms with Gasteiger partial charge in [0.15, 0.2) is 0 Å². The molecular formula is C32H40N4O2. The van der Waals surface area contributed by atoms with E-state index in [9.17, 15) is 9.59 Å². The van der Waals surface area contributed by atoms with Gasteiger partial charge in [0.1, 0.15) is 5.82 Å². The molecule has 1 fully saturated rings. The Morgan fingerprint density at radius 1 is 1.05 bits per heavy atom. The number of aromatic nitrogens is 2. The minimum atomic E-state index is -0.0673. The van der Waals surface area contributed by atoms with E-state index < -0.39 is 0 Å². The molecule has 0 spiro atoms. The van der Waals surface area contributed by atoms with E-state index in [4.69, 9.17) is 10.4 Å². The van der Waals surface area contributed by atoms with Gasteiger partial charge in [-0.15, -0.1) is 0 Å². The highest BCUT2D eigenvalue weighted by atomic mass is 16.2. The Kier molecular flexibility index (Phi) is 8.93. The average Bonchev–Trinajstić information content (AvgIpc) is 3.77. The number of benzene rings is 2. The lowest BCUT2D eigenvalue weighted by molar-refractivity contribution is -0.130. The Morgan fingerprint density at radius 3 is 2.34 bits per heavy atom. The highest BCUT2D eigenvalue weighted by Crippen LogP contribution is 2.40. The number of nitrogens with zero attached hydrogens (tertiary/aromatic N) is 3. The van der Waals surface area contributed by atoms with Crippen LogP contribution in [0.2, 0.25) is 0 Å². The third-order valence-electron chi connectivity index (χ3n) is 7.47. The highest BCUT2D eigenvalue weighted by Gasteiger charge is 2.32. The quantitative estimate of drug-likeness (QED) is 0.303. The van der Waals surface area contributed by atoms with Gasteiger partial charge in [0.25, 0.3) is 5.56 Å². The summed E-state index contributed by atoms with van der Waals surface area (Å²) in [7, 11) is 0. The van der Waals surface area contributed by atoms with Gasteiger partial charge in [-0.3, -0.25) is 14.2 Å². The normalized spacial score (nSPS) is 12.9. The zero-order valence-corrected chi connectivity index (χ0v) is 23.2. The van der Waals surface area contributed by atoms with Crippen LogP contribution in [0.5, 0.6) is 0 Å². The lowest BCUT2D eigenvalue weighted by Gasteiger charge is -2.21. The molecule has 1 aromatic heterocycles. The topological polar surface area (TPSA) is 79.1 Å². The van der Waals surface area contributed by atoms with Crippen molar-refractivity contribution in [3.63, 3.8) is 0 Å². The zero-order chi connectivity index (χ0) is 27.2. The SMILES string of the molecule is CCCCc1nc(C2CC2)c(CC(=O)N(CC)CC)c(=O)n1Cc1ccc(-c2ccccc2C(C)=N)cc1. The predicted octanol–water partition coefficient (Wildman–Crippen LogP) is 5.98. The van der Waals surface area contributed by atoms with Crippen LogP contribution in [0.4, 0.5) is 0 Å². The van der Waals surface area contributed by atoms with Crippen molar-refractivity contribution >= 4 is 11.6 Å². The molecule has 0 radical (unpaired) electrons. The monoisotopic (exact) mass is 512 g/mol. The van der Waals surface area contributed by atoms with Crippen molar-refractivity contribution in [1.82, 2.24) is 14.5 Å². The van der Waals surface area contributed by atoms with E-state index in [1.165, 1.54) is 0 Å². The lowest BCUT2D eigenvalue weighted by atomic mass is 9.96. The number of aryl methyl sites for hydroxylation is 1. The van der Waals surface area contributed by atoms with E-state index in [-0.39, 0.29) is 17.9 Å². The van der Waals surface area contributed by atoms with Gasteiger partial charge in [0.2, 0.25) is 5.91 Å². The number of unbranched alkanes of at least 4 members (excludes halogenated alkanes) is 1. The highest BCUT2D eigenvalue weighted by molar-refractivity contribution is 6.02. The summed E-state index contributed by atoms with van der Waals surface area (Å²) in [5.74, 6) is 1.12. The third kappa shape index (κ3) is 6.12. The lowest BCUT2D eigenvalue weighted by Crippen LogP contribution is -2.36. The Morgan fingerprint density at radius 2 is 1.74 bits per heavy atom. The van der Waals surface area contributed by atoms with Crippen molar-refractivity contribution in [2.45, 2.75) is 78.7 Å². The Balaban J connectivity index is 1.71. The maximum Gasteiger partial charge on any atom is 0.257 e. The van der Waals surface area contributed by atoms with Crippen LogP contribution in [0, 0.1) is 5.41 Å². The average molecular weight is 513 g/mol. The fraction of sp³-hybridized carbons (Fsp3) is 0.438. The molecule has 200 valence electrons. The Hall–Kier alpha value is -3.54. The number of likely N-dealkylation sites (N-methyl/N-ethyl adjacent to an activating group) is 1. The van der Waals surface area contributed by atoms with Crippen LogP contribution in [-0.2, 0) is 24.2 Å². The molecule has 0 bridgehead atoms. The number of carbonyl (C=O) groups excluding carboxylic acids is 1. The second-order valence-corrected chi connectivity index (χ2v) is 10.3. The molecule has 1 N–H and O–H groups in total. The summed E-state index contributed by atoms with van der Waals surface area (Å²) in [6.45, 7) is 9.59. The second kappa shape index (κ2) is 12.3. The van der Waals surface area contributed by atoms with E-state index in [1.807, 2.05) is 38.1 Å². The van der Waals surface area contributed by atoms with Crippen LogP contribution in [0.3, 0.4) is 0 Å². The van der Waals surface area contributed by atoms with Gasteiger partial charge in [-0.1, -0.05) is 61.9 Å². The maximum absolute atomic E-state index is 14.0. The molecule has 0 unspecified atom stereocenters. The summed E-state index contributed by atoms with van der Waals surface area (Å²) in [5, 5.41) is 8.12. The minimum absolute atomic E-state index is 0.00633. The standard InChI is InChI=1S/C32H40N4O2/c1-5-8-13-29-34-31(25-18-19-25)28(20-30(37)35(6-2)7-3)32(38)36(29)21-23-14-16-24(17-15-23)27-12-10-9-11-26(27)22(4)33/h9-12,14-17,25,33H,5-8,13,18-21H2,1-4H3. The summed E-state index contributed by atoms with van der Waals surface area (Å²) in [6.07, 6.45) is 4.93. The van der Waals surface area contributed by atoms with E-state index in [1.54, 1.807) is 16.4 Å². The molecular weight excluding hydrogens is 472 g/mol. The Bertz CT molecular complexity index is 1350. The Labute approximate surface area is 226 Å². The first kappa shape index (κ1) is 27.5. The molecule has 0 atom stereocenters. The van der Waals surface area contributed by atoms with Gasteiger partial charge < -0.3 is 10.3 Å². The van der Waals surface area contributed by atoms with Crippen molar-refractivity contribution in [2.75, 3.05) is 13.1 Å². The molecule has 6 nitrogen and oxygen atoms in total. The van der Waals surface area contributed by atoms with Crippen LogP contribution >= 0.6 is 0 Å². The minimum Gasteiger partial charge on any atom is -0.343 e.